The van der Waals surface area contributed by atoms with Crippen LogP contribution in [0.5, 0.6) is 0 Å². The predicted octanol–water partition coefficient (Wildman–Crippen LogP) is 3.89. The van der Waals surface area contributed by atoms with Gasteiger partial charge < -0.3 is 10.2 Å². The molecule has 1 rings (SSSR count). The van der Waals surface area contributed by atoms with Crippen LogP contribution in [0.15, 0.2) is 27.1 Å². The van der Waals surface area contributed by atoms with Crippen LogP contribution in [0, 0.1) is 5.92 Å². The summed E-state index contributed by atoms with van der Waals surface area (Å²) in [4.78, 5) is 2.33. The molecule has 0 radical (unpaired) electrons. The van der Waals surface area contributed by atoms with Gasteiger partial charge in [0.1, 0.15) is 0 Å². The van der Waals surface area contributed by atoms with E-state index in [4.69, 9.17) is 0 Å². The minimum Gasteiger partial charge on any atom is -0.315 e. The molecular weight excluding hydrogens is 356 g/mol. The van der Waals surface area contributed by atoms with Crippen molar-refractivity contribution in [2.75, 3.05) is 26.7 Å². The Labute approximate surface area is 127 Å². The minimum atomic E-state index is 0.718. The van der Waals surface area contributed by atoms with E-state index in [1.807, 2.05) is 0 Å². The molecule has 0 aliphatic carbocycles. The summed E-state index contributed by atoms with van der Waals surface area (Å²) in [5.41, 5.74) is 1.32. The normalized spacial score (nSPS) is 11.5. The lowest BCUT2D eigenvalue weighted by Crippen LogP contribution is -2.30. The van der Waals surface area contributed by atoms with Gasteiger partial charge in [-0.15, -0.1) is 0 Å². The van der Waals surface area contributed by atoms with Gasteiger partial charge in [-0.2, -0.15) is 0 Å². The summed E-state index contributed by atoms with van der Waals surface area (Å²) >= 11 is 7.08. The van der Waals surface area contributed by atoms with E-state index in [-0.39, 0.29) is 0 Å². The largest absolute Gasteiger partial charge is 0.315 e. The third-order valence-electron chi connectivity index (χ3n) is 2.68. The summed E-state index contributed by atoms with van der Waals surface area (Å²) < 4.78 is 2.28. The molecule has 0 bridgehead atoms. The van der Waals surface area contributed by atoms with Crippen molar-refractivity contribution in [1.82, 2.24) is 10.2 Å². The van der Waals surface area contributed by atoms with Gasteiger partial charge in [0.15, 0.2) is 0 Å². The van der Waals surface area contributed by atoms with Gasteiger partial charge in [0.2, 0.25) is 0 Å². The zero-order chi connectivity index (χ0) is 13.5. The van der Waals surface area contributed by atoms with Gasteiger partial charge in [0.05, 0.1) is 0 Å². The van der Waals surface area contributed by atoms with Gasteiger partial charge in [-0.1, -0.05) is 51.8 Å². The van der Waals surface area contributed by atoms with E-state index in [0.29, 0.717) is 0 Å². The second kappa shape index (κ2) is 8.31. The predicted molar refractivity (Wildman–Crippen MR) is 85.9 cm³/mol. The first-order valence-electron chi connectivity index (χ1n) is 6.32. The summed E-state index contributed by atoms with van der Waals surface area (Å²) in [6, 6.07) is 6.34. The molecule has 0 heterocycles. The Hall–Kier alpha value is 0.1000. The van der Waals surface area contributed by atoms with Crippen LogP contribution >= 0.6 is 31.9 Å². The molecule has 18 heavy (non-hydrogen) atoms. The second-order valence-electron chi connectivity index (χ2n) is 5.07. The highest BCUT2D eigenvalue weighted by Gasteiger charge is 2.04. The topological polar surface area (TPSA) is 15.3 Å². The third kappa shape index (κ3) is 6.32. The molecule has 0 amide bonds. The first-order valence-corrected chi connectivity index (χ1v) is 7.91. The standard InChI is InChI=1S/C14H22Br2N2/c1-11(2)9-17-6-7-18(3)10-12-4-5-13(15)8-14(12)16/h4-5,8,11,17H,6-7,9-10H2,1-3H3. The molecule has 0 aliphatic heterocycles. The fourth-order valence-corrected chi connectivity index (χ4v) is 2.85. The van der Waals surface area contributed by atoms with Crippen molar-refractivity contribution in [3.8, 4) is 0 Å². The molecule has 2 nitrogen and oxygen atoms in total. The summed E-state index contributed by atoms with van der Waals surface area (Å²) in [6.45, 7) is 8.64. The average molecular weight is 378 g/mol. The summed E-state index contributed by atoms with van der Waals surface area (Å²) in [5.74, 6) is 0.718. The van der Waals surface area contributed by atoms with Crippen molar-refractivity contribution in [3.63, 3.8) is 0 Å². The van der Waals surface area contributed by atoms with Gasteiger partial charge in [-0.25, -0.2) is 0 Å². The van der Waals surface area contributed by atoms with E-state index in [1.165, 1.54) is 10.0 Å². The van der Waals surface area contributed by atoms with Crippen LogP contribution in [0.1, 0.15) is 19.4 Å². The Balaban J connectivity index is 2.33. The van der Waals surface area contributed by atoms with E-state index in [1.54, 1.807) is 0 Å². The van der Waals surface area contributed by atoms with Crippen LogP contribution in [0.4, 0.5) is 0 Å². The lowest BCUT2D eigenvalue weighted by Gasteiger charge is -2.18. The Morgan fingerprint density at radius 1 is 1.28 bits per heavy atom. The van der Waals surface area contributed by atoms with E-state index < -0.39 is 0 Å². The lowest BCUT2D eigenvalue weighted by molar-refractivity contribution is 0.321. The van der Waals surface area contributed by atoms with Gasteiger partial charge in [-0.3, -0.25) is 0 Å². The van der Waals surface area contributed by atoms with Crippen molar-refractivity contribution in [1.29, 1.82) is 0 Å². The van der Waals surface area contributed by atoms with Crippen LogP contribution in [0.25, 0.3) is 0 Å². The fraction of sp³-hybridized carbons (Fsp3) is 0.571. The number of halogens is 2. The number of benzene rings is 1. The van der Waals surface area contributed by atoms with Crippen molar-refractivity contribution < 1.29 is 0 Å². The molecule has 0 saturated heterocycles. The van der Waals surface area contributed by atoms with Crippen LogP contribution in [0.2, 0.25) is 0 Å². The quantitative estimate of drug-likeness (QED) is 0.725. The monoisotopic (exact) mass is 376 g/mol. The van der Waals surface area contributed by atoms with Crippen LogP contribution in [-0.4, -0.2) is 31.6 Å². The zero-order valence-corrected chi connectivity index (χ0v) is 14.5. The maximum absolute atomic E-state index is 3.60. The smallest absolute Gasteiger partial charge is 0.0242 e. The number of nitrogens with one attached hydrogen (secondary N) is 1. The van der Waals surface area contributed by atoms with Crippen molar-refractivity contribution in [2.45, 2.75) is 20.4 Å². The van der Waals surface area contributed by atoms with E-state index >= 15 is 0 Å². The SMILES string of the molecule is CC(C)CNCCN(C)Cc1ccc(Br)cc1Br. The Morgan fingerprint density at radius 2 is 2.00 bits per heavy atom. The number of hydrogen-bond donors (Lipinski definition) is 1. The minimum absolute atomic E-state index is 0.718. The van der Waals surface area contributed by atoms with Crippen LogP contribution < -0.4 is 5.32 Å². The average Bonchev–Trinajstić information content (AvgIpc) is 2.28. The lowest BCUT2D eigenvalue weighted by atomic mass is 10.2. The molecule has 0 unspecified atom stereocenters. The molecular formula is C14H22Br2N2. The van der Waals surface area contributed by atoms with Crippen molar-refractivity contribution in [2.24, 2.45) is 5.92 Å². The van der Waals surface area contributed by atoms with E-state index in [0.717, 1.165) is 36.6 Å². The van der Waals surface area contributed by atoms with Crippen molar-refractivity contribution in [3.05, 3.63) is 32.7 Å². The third-order valence-corrected chi connectivity index (χ3v) is 3.91. The van der Waals surface area contributed by atoms with Gasteiger partial charge in [-0.05, 0) is 37.2 Å². The first kappa shape index (κ1) is 16.2. The number of hydrogen-bond acceptors (Lipinski definition) is 2. The van der Waals surface area contributed by atoms with Crippen LogP contribution in [0.3, 0.4) is 0 Å². The molecule has 0 aliphatic rings. The summed E-state index contributed by atoms with van der Waals surface area (Å²) in [7, 11) is 2.16. The van der Waals surface area contributed by atoms with Gasteiger partial charge in [0.25, 0.3) is 0 Å². The highest BCUT2D eigenvalue weighted by Crippen LogP contribution is 2.22. The molecule has 1 aromatic rings. The Morgan fingerprint density at radius 3 is 2.61 bits per heavy atom. The van der Waals surface area contributed by atoms with Gasteiger partial charge in [0, 0.05) is 28.6 Å². The zero-order valence-electron chi connectivity index (χ0n) is 11.3. The van der Waals surface area contributed by atoms with Crippen LogP contribution in [-0.2, 0) is 6.54 Å². The highest BCUT2D eigenvalue weighted by atomic mass is 79.9. The van der Waals surface area contributed by atoms with E-state index in [9.17, 15) is 0 Å². The molecule has 1 aromatic carbocycles. The maximum Gasteiger partial charge on any atom is 0.0242 e. The summed E-state index contributed by atoms with van der Waals surface area (Å²) in [5, 5.41) is 3.46. The Bertz CT molecular complexity index is 367. The van der Waals surface area contributed by atoms with Gasteiger partial charge >= 0.3 is 0 Å². The van der Waals surface area contributed by atoms with E-state index in [2.05, 4.69) is 81.2 Å². The summed E-state index contributed by atoms with van der Waals surface area (Å²) in [6.07, 6.45) is 0. The molecule has 0 spiro atoms. The molecule has 0 atom stereocenters. The fourth-order valence-electron chi connectivity index (χ4n) is 1.68. The maximum atomic E-state index is 3.60. The molecule has 1 N–H and O–H groups in total. The highest BCUT2D eigenvalue weighted by molar-refractivity contribution is 9.11. The molecule has 4 heteroatoms. The number of nitrogens with zero attached hydrogens (tertiary/aromatic N) is 1. The Kier molecular flexibility index (Phi) is 7.46. The number of rotatable bonds is 7. The van der Waals surface area contributed by atoms with Crippen molar-refractivity contribution >= 4 is 31.9 Å². The second-order valence-corrected chi connectivity index (χ2v) is 6.84. The first-order chi connectivity index (χ1) is 8.49. The number of likely N-dealkylation sites (N-methyl/N-ethyl adjacent to an activating group) is 1. The molecule has 0 fully saturated rings. The molecule has 102 valence electrons. The molecule has 0 saturated carbocycles. The molecule has 0 aromatic heterocycles.